The summed E-state index contributed by atoms with van der Waals surface area (Å²) in [7, 11) is 0. The van der Waals surface area contributed by atoms with Gasteiger partial charge >= 0.3 is 0 Å². The van der Waals surface area contributed by atoms with Crippen molar-refractivity contribution in [2.45, 2.75) is 19.4 Å². The molecule has 2 aromatic rings. The van der Waals surface area contributed by atoms with Crippen LogP contribution >= 0.6 is 11.6 Å². The summed E-state index contributed by atoms with van der Waals surface area (Å²) >= 11 is 6.01. The molecule has 1 atom stereocenters. The Morgan fingerprint density at radius 3 is 3.06 bits per heavy atom. The summed E-state index contributed by atoms with van der Waals surface area (Å²) in [6.45, 7) is 1.84. The summed E-state index contributed by atoms with van der Waals surface area (Å²) < 4.78 is 2.40. The quantitative estimate of drug-likeness (QED) is 0.808. The Kier molecular flexibility index (Phi) is 2.41. The number of benzene rings is 1. The first-order chi connectivity index (χ1) is 7.78. The third-order valence-electron chi connectivity index (χ3n) is 3.53. The summed E-state index contributed by atoms with van der Waals surface area (Å²) in [5, 5.41) is 2.06. The van der Waals surface area contributed by atoms with Crippen LogP contribution < -0.4 is 5.73 Å². The van der Waals surface area contributed by atoms with Gasteiger partial charge in [0.2, 0.25) is 0 Å². The van der Waals surface area contributed by atoms with Crippen molar-refractivity contribution in [2.75, 3.05) is 6.54 Å². The topological polar surface area (TPSA) is 30.9 Å². The van der Waals surface area contributed by atoms with Gasteiger partial charge in [-0.25, -0.2) is 0 Å². The predicted molar refractivity (Wildman–Crippen MR) is 67.8 cm³/mol. The van der Waals surface area contributed by atoms with Crippen LogP contribution in [0.4, 0.5) is 0 Å². The van der Waals surface area contributed by atoms with Crippen LogP contribution in [-0.2, 0) is 13.0 Å². The molecule has 2 heterocycles. The van der Waals surface area contributed by atoms with Gasteiger partial charge in [0.25, 0.3) is 0 Å². The molecule has 16 heavy (non-hydrogen) atoms. The van der Waals surface area contributed by atoms with Crippen LogP contribution in [0.3, 0.4) is 0 Å². The smallest absolute Gasteiger partial charge is 0.0483 e. The lowest BCUT2D eigenvalue weighted by Crippen LogP contribution is -2.25. The largest absolute Gasteiger partial charge is 0.344 e. The molecule has 84 valence electrons. The van der Waals surface area contributed by atoms with Crippen molar-refractivity contribution in [3.8, 4) is 0 Å². The first-order valence-electron chi connectivity index (χ1n) is 5.75. The van der Waals surface area contributed by atoms with Crippen LogP contribution in [0, 0.1) is 5.92 Å². The Morgan fingerprint density at radius 1 is 1.38 bits per heavy atom. The number of aromatic nitrogens is 1. The van der Waals surface area contributed by atoms with Crippen molar-refractivity contribution in [3.05, 3.63) is 35.0 Å². The van der Waals surface area contributed by atoms with E-state index >= 15 is 0 Å². The maximum absolute atomic E-state index is 6.01. The minimum atomic E-state index is 0.624. The zero-order valence-corrected chi connectivity index (χ0v) is 9.87. The van der Waals surface area contributed by atoms with Crippen molar-refractivity contribution < 1.29 is 0 Å². The second-order valence-electron chi connectivity index (χ2n) is 4.59. The second kappa shape index (κ2) is 3.79. The Morgan fingerprint density at radius 2 is 2.25 bits per heavy atom. The maximum Gasteiger partial charge on any atom is 0.0483 e. The molecule has 0 aliphatic carbocycles. The average molecular weight is 235 g/mol. The van der Waals surface area contributed by atoms with Gasteiger partial charge in [0.05, 0.1) is 0 Å². The second-order valence-corrected chi connectivity index (χ2v) is 5.03. The maximum atomic E-state index is 6.01. The van der Waals surface area contributed by atoms with Crippen LogP contribution in [0.1, 0.15) is 12.1 Å². The van der Waals surface area contributed by atoms with Gasteiger partial charge in [-0.15, -0.1) is 0 Å². The van der Waals surface area contributed by atoms with E-state index < -0.39 is 0 Å². The normalized spacial score (nSPS) is 20.0. The molecule has 0 spiro atoms. The van der Waals surface area contributed by atoms with Crippen LogP contribution in [0.25, 0.3) is 10.9 Å². The first-order valence-corrected chi connectivity index (χ1v) is 6.13. The minimum absolute atomic E-state index is 0.624. The van der Waals surface area contributed by atoms with E-state index in [-0.39, 0.29) is 0 Å². The molecular weight excluding hydrogens is 220 g/mol. The fraction of sp³-hybridized carbons (Fsp3) is 0.385. The lowest BCUT2D eigenvalue weighted by molar-refractivity contribution is 0.385. The molecule has 2 N–H and O–H groups in total. The van der Waals surface area contributed by atoms with E-state index in [1.165, 1.54) is 23.0 Å². The van der Waals surface area contributed by atoms with Crippen molar-refractivity contribution in [2.24, 2.45) is 11.7 Å². The molecule has 0 saturated carbocycles. The number of rotatable bonds is 1. The molecule has 0 saturated heterocycles. The first kappa shape index (κ1) is 10.2. The number of halogens is 1. The lowest BCUT2D eigenvalue weighted by atomic mass is 9.98. The zero-order chi connectivity index (χ0) is 11.1. The van der Waals surface area contributed by atoms with Crippen LogP contribution in [0.5, 0.6) is 0 Å². The highest BCUT2D eigenvalue weighted by molar-refractivity contribution is 6.31. The molecule has 1 aromatic carbocycles. The molecule has 3 heteroatoms. The predicted octanol–water partition coefficient (Wildman–Crippen LogP) is 2.82. The lowest BCUT2D eigenvalue weighted by Gasteiger charge is -2.24. The van der Waals surface area contributed by atoms with E-state index in [1.54, 1.807) is 0 Å². The highest BCUT2D eigenvalue weighted by atomic mass is 35.5. The van der Waals surface area contributed by atoms with Gasteiger partial charge in [-0.05, 0) is 49.6 Å². The van der Waals surface area contributed by atoms with Crippen molar-refractivity contribution in [1.29, 1.82) is 0 Å². The highest BCUT2D eigenvalue weighted by Crippen LogP contribution is 2.29. The standard InChI is InChI=1S/C13H15ClN2/c14-11-2-4-13-10(5-11)6-12-3-1-9(7-15)8-16(12)13/h2,4-6,9H,1,3,7-8,15H2. The molecule has 1 aliphatic rings. The van der Waals surface area contributed by atoms with Crippen molar-refractivity contribution in [1.82, 2.24) is 4.57 Å². The molecule has 3 rings (SSSR count). The summed E-state index contributed by atoms with van der Waals surface area (Å²) in [5.41, 5.74) is 8.47. The fourth-order valence-corrected chi connectivity index (χ4v) is 2.80. The fourth-order valence-electron chi connectivity index (χ4n) is 2.62. The summed E-state index contributed by atoms with van der Waals surface area (Å²) in [5.74, 6) is 0.624. The third-order valence-corrected chi connectivity index (χ3v) is 3.77. The number of aryl methyl sites for hydroxylation is 1. The molecular formula is C13H15ClN2. The Hall–Kier alpha value is -0.990. The van der Waals surface area contributed by atoms with Crippen molar-refractivity contribution in [3.63, 3.8) is 0 Å². The van der Waals surface area contributed by atoms with Crippen LogP contribution in [0.15, 0.2) is 24.3 Å². The summed E-state index contributed by atoms with van der Waals surface area (Å²) in [4.78, 5) is 0. The molecule has 2 nitrogen and oxygen atoms in total. The monoisotopic (exact) mass is 234 g/mol. The number of hydrogen-bond acceptors (Lipinski definition) is 1. The van der Waals surface area contributed by atoms with Gasteiger partial charge in [0.1, 0.15) is 0 Å². The van der Waals surface area contributed by atoms with Gasteiger partial charge in [-0.2, -0.15) is 0 Å². The molecule has 0 radical (unpaired) electrons. The van der Waals surface area contributed by atoms with Crippen LogP contribution in [-0.4, -0.2) is 11.1 Å². The van der Waals surface area contributed by atoms with E-state index in [2.05, 4.69) is 16.7 Å². The zero-order valence-electron chi connectivity index (χ0n) is 9.12. The number of nitrogens with zero attached hydrogens (tertiary/aromatic N) is 1. The molecule has 0 fully saturated rings. The molecule has 1 unspecified atom stereocenters. The Balaban J connectivity index is 2.14. The minimum Gasteiger partial charge on any atom is -0.344 e. The SMILES string of the molecule is NCC1CCc2cc3cc(Cl)ccc3n2C1. The summed E-state index contributed by atoms with van der Waals surface area (Å²) in [6.07, 6.45) is 2.34. The molecule has 1 aromatic heterocycles. The molecule has 1 aliphatic heterocycles. The average Bonchev–Trinajstić information content (AvgIpc) is 2.65. The van der Waals surface area contributed by atoms with Gasteiger partial charge in [0.15, 0.2) is 0 Å². The number of nitrogens with two attached hydrogens (primary N) is 1. The third kappa shape index (κ3) is 1.53. The van der Waals surface area contributed by atoms with Gasteiger partial charge in [0, 0.05) is 28.2 Å². The van der Waals surface area contributed by atoms with Crippen LogP contribution in [0.2, 0.25) is 5.02 Å². The number of fused-ring (bicyclic) bond motifs is 3. The highest BCUT2D eigenvalue weighted by Gasteiger charge is 2.19. The van der Waals surface area contributed by atoms with Gasteiger partial charge < -0.3 is 10.3 Å². The molecule has 0 bridgehead atoms. The van der Waals surface area contributed by atoms with Gasteiger partial charge in [-0.3, -0.25) is 0 Å². The van der Waals surface area contributed by atoms with E-state index in [4.69, 9.17) is 17.3 Å². The van der Waals surface area contributed by atoms with E-state index in [0.717, 1.165) is 24.5 Å². The Labute approximate surface area is 100.0 Å². The Bertz CT molecular complexity index is 530. The van der Waals surface area contributed by atoms with E-state index in [9.17, 15) is 0 Å². The van der Waals surface area contributed by atoms with Crippen molar-refractivity contribution >= 4 is 22.5 Å². The molecule has 0 amide bonds. The number of hydrogen-bond donors (Lipinski definition) is 1. The van der Waals surface area contributed by atoms with Gasteiger partial charge in [-0.1, -0.05) is 11.6 Å². The van der Waals surface area contributed by atoms with E-state index in [1.807, 2.05) is 12.1 Å². The van der Waals surface area contributed by atoms with E-state index in [0.29, 0.717) is 5.92 Å². The summed E-state index contributed by atoms with van der Waals surface area (Å²) in [6, 6.07) is 8.37.